The van der Waals surface area contributed by atoms with Gasteiger partial charge in [-0.3, -0.25) is 5.10 Å². The van der Waals surface area contributed by atoms with Gasteiger partial charge >= 0.3 is 0 Å². The average molecular weight is 237 g/mol. The maximum atomic E-state index is 13.1. The number of nitrogens with two attached hydrogens (primary N) is 1. The number of hydrogen-bond acceptors (Lipinski definition) is 2. The largest absolute Gasteiger partial charge is 0.382 e. The summed E-state index contributed by atoms with van der Waals surface area (Å²) >= 11 is 0. The number of anilines is 1. The zero-order chi connectivity index (χ0) is 12.5. The van der Waals surface area contributed by atoms with Gasteiger partial charge in [-0.15, -0.1) is 0 Å². The fourth-order valence-corrected chi connectivity index (χ4v) is 1.75. The van der Waals surface area contributed by atoms with E-state index in [1.807, 2.05) is 0 Å². The number of aromatic amines is 1. The van der Waals surface area contributed by atoms with E-state index in [1.165, 1.54) is 0 Å². The lowest BCUT2D eigenvalue weighted by Crippen LogP contribution is -2.14. The number of rotatable bonds is 3. The second-order valence-corrected chi connectivity index (χ2v) is 4.11. The van der Waals surface area contributed by atoms with Gasteiger partial charge in [0.15, 0.2) is 0 Å². The highest BCUT2D eigenvalue weighted by atomic mass is 19.3. The molecule has 1 heterocycles. The molecule has 17 heavy (non-hydrogen) atoms. The number of H-pyrrole nitrogens is 1. The second-order valence-electron chi connectivity index (χ2n) is 4.11. The van der Waals surface area contributed by atoms with Crippen LogP contribution in [0.25, 0.3) is 11.3 Å². The van der Waals surface area contributed by atoms with E-state index < -0.39 is 5.92 Å². The van der Waals surface area contributed by atoms with Crippen LogP contribution in [-0.2, 0) is 6.42 Å². The first-order valence-electron chi connectivity index (χ1n) is 5.23. The molecule has 3 nitrogen and oxygen atoms in total. The summed E-state index contributed by atoms with van der Waals surface area (Å²) in [6.45, 7) is 0.908. The van der Waals surface area contributed by atoms with Crippen molar-refractivity contribution >= 4 is 5.82 Å². The molecule has 0 unspecified atom stereocenters. The molecule has 0 saturated heterocycles. The minimum atomic E-state index is -2.73. The highest BCUT2D eigenvalue weighted by molar-refractivity contribution is 5.66. The van der Waals surface area contributed by atoms with Gasteiger partial charge in [0.25, 0.3) is 0 Å². The monoisotopic (exact) mass is 237 g/mol. The molecule has 2 aromatic rings. The van der Waals surface area contributed by atoms with Crippen molar-refractivity contribution in [1.82, 2.24) is 10.2 Å². The quantitative estimate of drug-likeness (QED) is 0.862. The number of nitrogens with one attached hydrogen (secondary N) is 1. The number of aromatic nitrogens is 2. The van der Waals surface area contributed by atoms with Crippen LogP contribution in [0.15, 0.2) is 30.3 Å². The molecule has 0 saturated carbocycles. The van der Waals surface area contributed by atoms with Crippen LogP contribution < -0.4 is 5.73 Å². The van der Waals surface area contributed by atoms with Crippen molar-refractivity contribution < 1.29 is 8.78 Å². The van der Waals surface area contributed by atoms with E-state index in [-0.39, 0.29) is 6.42 Å². The normalized spacial score (nSPS) is 11.7. The number of alkyl halides is 2. The Morgan fingerprint density at radius 3 is 2.65 bits per heavy atom. The summed E-state index contributed by atoms with van der Waals surface area (Å²) in [7, 11) is 0. The molecule has 0 bridgehead atoms. The Kier molecular flexibility index (Phi) is 2.83. The Morgan fingerprint density at radius 1 is 1.35 bits per heavy atom. The third-order valence-corrected chi connectivity index (χ3v) is 2.41. The van der Waals surface area contributed by atoms with Crippen LogP contribution in [0.1, 0.15) is 12.5 Å². The molecule has 0 aliphatic rings. The predicted octanol–water partition coefficient (Wildman–Crippen LogP) is 2.86. The van der Waals surface area contributed by atoms with Crippen molar-refractivity contribution in [2.75, 3.05) is 5.73 Å². The molecule has 0 spiro atoms. The van der Waals surface area contributed by atoms with E-state index in [2.05, 4.69) is 10.2 Å². The summed E-state index contributed by atoms with van der Waals surface area (Å²) < 4.78 is 26.1. The number of hydrogen-bond donors (Lipinski definition) is 2. The summed E-state index contributed by atoms with van der Waals surface area (Å²) in [5, 5.41) is 6.52. The molecular weight excluding hydrogens is 224 g/mol. The summed E-state index contributed by atoms with van der Waals surface area (Å²) in [4.78, 5) is 0. The van der Waals surface area contributed by atoms with Crippen LogP contribution in [0.5, 0.6) is 0 Å². The minimum Gasteiger partial charge on any atom is -0.382 e. The van der Waals surface area contributed by atoms with Crippen LogP contribution in [0, 0.1) is 0 Å². The van der Waals surface area contributed by atoms with E-state index in [4.69, 9.17) is 5.73 Å². The number of halogens is 2. The zero-order valence-corrected chi connectivity index (χ0v) is 9.37. The van der Waals surface area contributed by atoms with Crippen molar-refractivity contribution in [2.45, 2.75) is 19.3 Å². The molecule has 1 aromatic carbocycles. The summed E-state index contributed by atoms with van der Waals surface area (Å²) in [5.41, 5.74) is 7.44. The lowest BCUT2D eigenvalue weighted by atomic mass is 9.99. The first-order valence-corrected chi connectivity index (χ1v) is 5.23. The summed E-state index contributed by atoms with van der Waals surface area (Å²) in [5.74, 6) is -2.39. The fraction of sp³-hybridized carbons (Fsp3) is 0.250. The molecular formula is C12H13F2N3. The van der Waals surface area contributed by atoms with Crippen LogP contribution in [-0.4, -0.2) is 16.1 Å². The van der Waals surface area contributed by atoms with Gasteiger partial charge in [0.05, 0.1) is 5.69 Å². The number of nitrogen functional groups attached to an aromatic ring is 1. The molecule has 0 radical (unpaired) electrons. The molecule has 3 N–H and O–H groups in total. The van der Waals surface area contributed by atoms with Gasteiger partial charge in [-0.1, -0.05) is 24.3 Å². The highest BCUT2D eigenvalue weighted by Gasteiger charge is 2.23. The van der Waals surface area contributed by atoms with Gasteiger partial charge in [0.2, 0.25) is 5.92 Å². The lowest BCUT2D eigenvalue weighted by molar-refractivity contribution is 0.0227. The van der Waals surface area contributed by atoms with Crippen LogP contribution >= 0.6 is 0 Å². The average Bonchev–Trinajstić information content (AvgIpc) is 2.63. The number of nitrogens with zero attached hydrogens (tertiary/aromatic N) is 1. The van der Waals surface area contributed by atoms with Crippen molar-refractivity contribution in [1.29, 1.82) is 0 Å². The Morgan fingerprint density at radius 2 is 2.06 bits per heavy atom. The van der Waals surface area contributed by atoms with Gasteiger partial charge < -0.3 is 5.73 Å². The van der Waals surface area contributed by atoms with Crippen LogP contribution in [0.4, 0.5) is 14.6 Å². The minimum absolute atomic E-state index is 0.303. The Labute approximate surface area is 97.7 Å². The van der Waals surface area contributed by atoms with Crippen molar-refractivity contribution in [2.24, 2.45) is 0 Å². The van der Waals surface area contributed by atoms with Gasteiger partial charge in [-0.2, -0.15) is 5.10 Å². The van der Waals surface area contributed by atoms with Crippen LogP contribution in [0.2, 0.25) is 0 Å². The first-order chi connectivity index (χ1) is 7.96. The Balaban J connectivity index is 2.41. The molecule has 0 aliphatic heterocycles. The maximum Gasteiger partial charge on any atom is 0.249 e. The molecule has 0 atom stereocenters. The molecule has 0 fully saturated rings. The van der Waals surface area contributed by atoms with E-state index >= 15 is 0 Å². The van der Waals surface area contributed by atoms with Gasteiger partial charge in [0, 0.05) is 18.1 Å². The van der Waals surface area contributed by atoms with Gasteiger partial charge in [0.1, 0.15) is 5.82 Å². The first kappa shape index (κ1) is 11.6. The fourth-order valence-electron chi connectivity index (χ4n) is 1.75. The predicted molar refractivity (Wildman–Crippen MR) is 62.8 cm³/mol. The third kappa shape index (κ3) is 2.81. The molecule has 5 heteroatoms. The van der Waals surface area contributed by atoms with Crippen molar-refractivity contribution in [3.05, 3.63) is 35.9 Å². The van der Waals surface area contributed by atoms with Gasteiger partial charge in [-0.05, 0) is 12.5 Å². The maximum absolute atomic E-state index is 13.1. The molecule has 90 valence electrons. The second kappa shape index (κ2) is 4.16. The highest BCUT2D eigenvalue weighted by Crippen LogP contribution is 2.28. The van der Waals surface area contributed by atoms with Crippen molar-refractivity contribution in [3.8, 4) is 11.3 Å². The topological polar surface area (TPSA) is 54.7 Å². The smallest absolute Gasteiger partial charge is 0.249 e. The van der Waals surface area contributed by atoms with Gasteiger partial charge in [-0.25, -0.2) is 8.78 Å². The standard InChI is InChI=1S/C12H13F2N3/c1-12(13,14)7-8-4-2-3-5-9(8)10-6-11(15)17-16-10/h2-6H,7H2,1H3,(H3,15,16,17). The van der Waals surface area contributed by atoms with Crippen LogP contribution in [0.3, 0.4) is 0 Å². The lowest BCUT2D eigenvalue weighted by Gasteiger charge is -2.13. The van der Waals surface area contributed by atoms with E-state index in [0.29, 0.717) is 22.6 Å². The zero-order valence-electron chi connectivity index (χ0n) is 9.37. The Bertz CT molecular complexity index is 514. The van der Waals surface area contributed by atoms with E-state index in [9.17, 15) is 8.78 Å². The SMILES string of the molecule is CC(F)(F)Cc1ccccc1-c1cc(N)n[nH]1. The summed E-state index contributed by atoms with van der Waals surface area (Å²) in [6, 6.07) is 8.62. The molecule has 1 aromatic heterocycles. The molecule has 0 amide bonds. The van der Waals surface area contributed by atoms with E-state index in [1.54, 1.807) is 30.3 Å². The van der Waals surface area contributed by atoms with E-state index in [0.717, 1.165) is 6.92 Å². The summed E-state index contributed by atoms with van der Waals surface area (Å²) in [6.07, 6.45) is -0.303. The Hall–Kier alpha value is -1.91. The third-order valence-electron chi connectivity index (χ3n) is 2.41. The number of benzene rings is 1. The molecule has 0 aliphatic carbocycles. The van der Waals surface area contributed by atoms with Crippen molar-refractivity contribution in [3.63, 3.8) is 0 Å². The molecule has 2 rings (SSSR count).